The molecule has 26 heavy (non-hydrogen) atoms. The molecule has 0 spiro atoms. The summed E-state index contributed by atoms with van der Waals surface area (Å²) in [6.45, 7) is 2.08. The highest BCUT2D eigenvalue weighted by Crippen LogP contribution is 2.35. The highest BCUT2D eigenvalue weighted by molar-refractivity contribution is 6.32. The SMILES string of the molecule is C[C@H](N=CC1C(=O)N(c2cccc(Cl)c2)C(=O)c2ccccc21)C1CC1. The minimum absolute atomic E-state index is 0.201. The van der Waals surface area contributed by atoms with Crippen LogP contribution in [0.2, 0.25) is 5.02 Å². The van der Waals surface area contributed by atoms with E-state index in [1.807, 2.05) is 18.2 Å². The molecule has 1 heterocycles. The summed E-state index contributed by atoms with van der Waals surface area (Å²) >= 11 is 6.07. The van der Waals surface area contributed by atoms with Crippen LogP contribution in [0.15, 0.2) is 53.5 Å². The minimum Gasteiger partial charge on any atom is -0.293 e. The molecule has 2 aliphatic rings. The first-order valence-electron chi connectivity index (χ1n) is 8.82. The van der Waals surface area contributed by atoms with Crippen molar-refractivity contribution in [1.29, 1.82) is 0 Å². The van der Waals surface area contributed by atoms with Crippen LogP contribution < -0.4 is 4.90 Å². The lowest BCUT2D eigenvalue weighted by Crippen LogP contribution is -2.45. The van der Waals surface area contributed by atoms with Gasteiger partial charge in [-0.15, -0.1) is 0 Å². The van der Waals surface area contributed by atoms with Crippen LogP contribution >= 0.6 is 11.6 Å². The predicted octanol–water partition coefficient (Wildman–Crippen LogP) is 4.48. The number of imide groups is 1. The van der Waals surface area contributed by atoms with Crippen molar-refractivity contribution >= 4 is 35.3 Å². The molecule has 0 bridgehead atoms. The summed E-state index contributed by atoms with van der Waals surface area (Å²) in [5.74, 6) is -0.564. The molecule has 1 aliphatic carbocycles. The molecule has 0 N–H and O–H groups in total. The Morgan fingerprint density at radius 1 is 1.15 bits per heavy atom. The number of carbonyl (C=O) groups excluding carboxylic acids is 2. The summed E-state index contributed by atoms with van der Waals surface area (Å²) in [6.07, 6.45) is 4.11. The maximum atomic E-state index is 13.2. The summed E-state index contributed by atoms with van der Waals surface area (Å²) in [4.78, 5) is 32.0. The number of anilines is 1. The van der Waals surface area contributed by atoms with E-state index in [2.05, 4.69) is 11.9 Å². The monoisotopic (exact) mass is 366 g/mol. The van der Waals surface area contributed by atoms with E-state index in [0.29, 0.717) is 27.8 Å². The Hall–Kier alpha value is -2.46. The number of benzene rings is 2. The Balaban J connectivity index is 1.76. The second kappa shape index (κ2) is 6.69. The highest BCUT2D eigenvalue weighted by Gasteiger charge is 2.39. The van der Waals surface area contributed by atoms with E-state index >= 15 is 0 Å². The third-order valence-electron chi connectivity index (χ3n) is 5.06. The first-order valence-corrected chi connectivity index (χ1v) is 9.20. The van der Waals surface area contributed by atoms with E-state index in [9.17, 15) is 9.59 Å². The third kappa shape index (κ3) is 3.06. The summed E-state index contributed by atoms with van der Waals surface area (Å²) < 4.78 is 0. The number of amides is 2. The zero-order valence-electron chi connectivity index (χ0n) is 14.4. The van der Waals surface area contributed by atoms with E-state index in [0.717, 1.165) is 0 Å². The molecule has 1 aliphatic heterocycles. The second-order valence-corrected chi connectivity index (χ2v) is 7.34. The van der Waals surface area contributed by atoms with Gasteiger partial charge in [0, 0.05) is 22.8 Å². The summed E-state index contributed by atoms with van der Waals surface area (Å²) in [5.41, 5.74) is 1.73. The molecule has 0 saturated heterocycles. The Labute approximate surface area is 157 Å². The molecule has 1 unspecified atom stereocenters. The van der Waals surface area contributed by atoms with Crippen LogP contribution in [-0.4, -0.2) is 24.1 Å². The lowest BCUT2D eigenvalue weighted by Gasteiger charge is -2.31. The summed E-state index contributed by atoms with van der Waals surface area (Å²) in [5, 5.41) is 0.481. The molecule has 2 atom stereocenters. The lowest BCUT2D eigenvalue weighted by molar-refractivity contribution is -0.118. The normalized spacial score (nSPS) is 21.2. The smallest absolute Gasteiger partial charge is 0.265 e. The van der Waals surface area contributed by atoms with Crippen LogP contribution in [0.3, 0.4) is 0 Å². The van der Waals surface area contributed by atoms with Crippen LogP contribution in [-0.2, 0) is 4.79 Å². The van der Waals surface area contributed by atoms with E-state index in [-0.39, 0.29) is 17.9 Å². The number of hydrogen-bond donors (Lipinski definition) is 0. The molecular formula is C21H19ClN2O2. The molecule has 5 heteroatoms. The number of fused-ring (bicyclic) bond motifs is 1. The van der Waals surface area contributed by atoms with Gasteiger partial charge in [-0.1, -0.05) is 35.9 Å². The summed E-state index contributed by atoms with van der Waals surface area (Å²) in [6, 6.07) is 14.2. The number of rotatable bonds is 4. The van der Waals surface area contributed by atoms with Gasteiger partial charge >= 0.3 is 0 Å². The average molecular weight is 367 g/mol. The van der Waals surface area contributed by atoms with Crippen molar-refractivity contribution in [2.75, 3.05) is 4.90 Å². The highest BCUT2D eigenvalue weighted by atomic mass is 35.5. The standard InChI is InChI=1S/C21H19ClN2O2/c1-13(14-9-10-14)23-12-19-17-7-2-3-8-18(17)20(25)24(21(19)26)16-6-4-5-15(22)11-16/h2-8,11-14,19H,9-10H2,1H3/t13-,19?/m0/s1. The summed E-state index contributed by atoms with van der Waals surface area (Å²) in [7, 11) is 0. The van der Waals surface area contributed by atoms with Crippen LogP contribution in [0.25, 0.3) is 0 Å². The number of hydrogen-bond acceptors (Lipinski definition) is 3. The van der Waals surface area contributed by atoms with Crippen molar-refractivity contribution in [2.45, 2.75) is 31.7 Å². The fraction of sp³-hybridized carbons (Fsp3) is 0.286. The maximum absolute atomic E-state index is 13.2. The number of aliphatic imine (C=N–C) groups is 1. The number of nitrogens with zero attached hydrogens (tertiary/aromatic N) is 2. The van der Waals surface area contributed by atoms with Gasteiger partial charge in [0.15, 0.2) is 0 Å². The average Bonchev–Trinajstić information content (AvgIpc) is 3.47. The lowest BCUT2D eigenvalue weighted by atomic mass is 9.88. The van der Waals surface area contributed by atoms with Gasteiger partial charge in [-0.25, -0.2) is 4.90 Å². The molecule has 4 nitrogen and oxygen atoms in total. The van der Waals surface area contributed by atoms with E-state index in [4.69, 9.17) is 11.6 Å². The van der Waals surface area contributed by atoms with Gasteiger partial charge in [0.2, 0.25) is 5.91 Å². The van der Waals surface area contributed by atoms with Crippen molar-refractivity contribution in [3.05, 3.63) is 64.7 Å². The van der Waals surface area contributed by atoms with Crippen molar-refractivity contribution in [3.8, 4) is 0 Å². The molecule has 1 saturated carbocycles. The molecule has 132 valence electrons. The first kappa shape index (κ1) is 17.0. The maximum Gasteiger partial charge on any atom is 0.265 e. The zero-order chi connectivity index (χ0) is 18.3. The van der Waals surface area contributed by atoms with Gasteiger partial charge in [-0.2, -0.15) is 0 Å². The topological polar surface area (TPSA) is 49.7 Å². The molecule has 2 aromatic carbocycles. The third-order valence-corrected chi connectivity index (χ3v) is 5.29. The number of carbonyl (C=O) groups is 2. The van der Waals surface area contributed by atoms with Crippen LogP contribution in [0, 0.1) is 5.92 Å². The second-order valence-electron chi connectivity index (χ2n) is 6.90. The van der Waals surface area contributed by atoms with Gasteiger partial charge in [0.05, 0.1) is 11.6 Å². The molecule has 4 rings (SSSR count). The van der Waals surface area contributed by atoms with E-state index in [1.165, 1.54) is 17.7 Å². The quantitative estimate of drug-likeness (QED) is 0.591. The van der Waals surface area contributed by atoms with E-state index in [1.54, 1.807) is 36.5 Å². The Kier molecular flexibility index (Phi) is 4.37. The Bertz CT molecular complexity index is 904. The number of halogens is 1. The van der Waals surface area contributed by atoms with Gasteiger partial charge in [-0.05, 0) is 55.5 Å². The van der Waals surface area contributed by atoms with Crippen LogP contribution in [0.5, 0.6) is 0 Å². The van der Waals surface area contributed by atoms with Crippen molar-refractivity contribution in [2.24, 2.45) is 10.9 Å². The van der Waals surface area contributed by atoms with Crippen LogP contribution in [0.1, 0.15) is 41.6 Å². The Morgan fingerprint density at radius 2 is 1.92 bits per heavy atom. The first-order chi connectivity index (χ1) is 12.6. The molecule has 0 radical (unpaired) electrons. The zero-order valence-corrected chi connectivity index (χ0v) is 15.2. The molecular weight excluding hydrogens is 348 g/mol. The van der Waals surface area contributed by atoms with E-state index < -0.39 is 5.92 Å². The van der Waals surface area contributed by atoms with Gasteiger partial charge in [0.1, 0.15) is 0 Å². The van der Waals surface area contributed by atoms with Crippen LogP contribution in [0.4, 0.5) is 5.69 Å². The minimum atomic E-state index is -0.566. The van der Waals surface area contributed by atoms with Gasteiger partial charge in [0.25, 0.3) is 5.91 Å². The van der Waals surface area contributed by atoms with Crippen molar-refractivity contribution in [3.63, 3.8) is 0 Å². The molecule has 2 amide bonds. The van der Waals surface area contributed by atoms with Gasteiger partial charge in [-0.3, -0.25) is 14.6 Å². The predicted molar refractivity (Wildman–Crippen MR) is 103 cm³/mol. The van der Waals surface area contributed by atoms with Crippen molar-refractivity contribution in [1.82, 2.24) is 0 Å². The molecule has 2 aromatic rings. The molecule has 1 fully saturated rings. The largest absolute Gasteiger partial charge is 0.293 e. The Morgan fingerprint density at radius 3 is 2.65 bits per heavy atom. The van der Waals surface area contributed by atoms with Crippen molar-refractivity contribution < 1.29 is 9.59 Å². The molecule has 0 aromatic heterocycles. The van der Waals surface area contributed by atoms with Gasteiger partial charge < -0.3 is 0 Å². The fourth-order valence-corrected chi connectivity index (χ4v) is 3.57. The fourth-order valence-electron chi connectivity index (χ4n) is 3.38.